The molecule has 5 N–H and O–H groups in total. The van der Waals surface area contributed by atoms with Gasteiger partial charge in [-0.25, -0.2) is 9.97 Å². The number of carbonyl (C=O) groups excluding carboxylic acids is 2. The molecule has 0 saturated heterocycles. The van der Waals surface area contributed by atoms with Crippen molar-refractivity contribution in [3.63, 3.8) is 0 Å². The molecule has 1 aliphatic heterocycles. The van der Waals surface area contributed by atoms with E-state index in [0.717, 1.165) is 33.4 Å². The number of allylic oxidation sites excluding steroid dienone is 1. The second-order valence-corrected chi connectivity index (χ2v) is 11.2. The molecule has 0 bridgehead atoms. The van der Waals surface area contributed by atoms with Crippen molar-refractivity contribution in [2.45, 2.75) is 51.7 Å². The van der Waals surface area contributed by atoms with Gasteiger partial charge in [-0.05, 0) is 60.4 Å². The number of carboxylic acid groups (broad SMARTS) is 1. The first-order valence-electron chi connectivity index (χ1n) is 14.1. The van der Waals surface area contributed by atoms with E-state index in [1.54, 1.807) is 0 Å². The van der Waals surface area contributed by atoms with E-state index in [4.69, 9.17) is 5.73 Å². The molecule has 43 heavy (non-hydrogen) atoms. The van der Waals surface area contributed by atoms with Crippen LogP contribution in [0.3, 0.4) is 0 Å². The first-order chi connectivity index (χ1) is 20.6. The van der Waals surface area contributed by atoms with Gasteiger partial charge in [-0.1, -0.05) is 29.8 Å². The zero-order chi connectivity index (χ0) is 30.4. The van der Waals surface area contributed by atoms with E-state index in [9.17, 15) is 29.1 Å². The summed E-state index contributed by atoms with van der Waals surface area (Å²) in [6.45, 7) is 3.07. The Kier molecular flexibility index (Phi) is 7.12. The number of nitrogens with one attached hydrogen (secondary N) is 2. The Morgan fingerprint density at radius 2 is 1.81 bits per heavy atom. The number of benzene rings is 1. The van der Waals surface area contributed by atoms with Crippen molar-refractivity contribution in [2.75, 3.05) is 17.2 Å². The van der Waals surface area contributed by atoms with Crippen LogP contribution < -0.4 is 32.1 Å². The fraction of sp³-hybridized carbons (Fsp3) is 0.323. The molecule has 2 aromatic carbocycles. The average Bonchev–Trinajstić information content (AvgIpc) is 3.42. The molecule has 1 unspecified atom stereocenters. The first kappa shape index (κ1) is 28.0. The van der Waals surface area contributed by atoms with Crippen LogP contribution >= 0.6 is 0 Å². The molecule has 2 heterocycles. The number of anilines is 2. The maximum Gasteiger partial charge on any atom is 0.310 e. The Hall–Kier alpha value is -5.13. The molecule has 1 aromatic heterocycles. The second-order valence-electron chi connectivity index (χ2n) is 11.2. The monoisotopic (exact) mass is 582 g/mol. The first-order valence-corrected chi connectivity index (χ1v) is 14.1. The van der Waals surface area contributed by atoms with Gasteiger partial charge in [0.2, 0.25) is 0 Å². The van der Waals surface area contributed by atoms with E-state index < -0.39 is 34.6 Å². The Labute approximate surface area is 246 Å². The van der Waals surface area contributed by atoms with Crippen LogP contribution in [0, 0.1) is 5.92 Å². The van der Waals surface area contributed by atoms with E-state index in [2.05, 4.69) is 20.6 Å². The fourth-order valence-corrected chi connectivity index (χ4v) is 6.29. The third-order valence-electron chi connectivity index (χ3n) is 8.69. The van der Waals surface area contributed by atoms with Gasteiger partial charge < -0.3 is 26.4 Å². The van der Waals surface area contributed by atoms with E-state index in [-0.39, 0.29) is 35.3 Å². The van der Waals surface area contributed by atoms with Gasteiger partial charge in [0.15, 0.2) is 0 Å². The molecule has 2 amide bonds. The van der Waals surface area contributed by atoms with Crippen LogP contribution in [0.25, 0.3) is 0 Å². The summed E-state index contributed by atoms with van der Waals surface area (Å²) in [7, 11) is 0. The summed E-state index contributed by atoms with van der Waals surface area (Å²) in [6, 6.07) is 6.95. The van der Waals surface area contributed by atoms with Gasteiger partial charge in [0.25, 0.3) is 22.7 Å². The Bertz CT molecular complexity index is 1820. The predicted molar refractivity (Wildman–Crippen MR) is 157 cm³/mol. The van der Waals surface area contributed by atoms with Crippen molar-refractivity contribution in [3.05, 3.63) is 102 Å². The number of carbonyl (C=O) groups is 3. The van der Waals surface area contributed by atoms with Crippen LogP contribution in [-0.4, -0.2) is 45.4 Å². The molecule has 3 aliphatic rings. The molecule has 220 valence electrons. The van der Waals surface area contributed by atoms with Crippen molar-refractivity contribution in [1.82, 2.24) is 20.6 Å². The summed E-state index contributed by atoms with van der Waals surface area (Å²) < 4.78 is 0. The highest BCUT2D eigenvalue weighted by molar-refractivity contribution is 5.97. The lowest BCUT2D eigenvalue weighted by molar-refractivity contribution is -0.140. The number of fused-ring (bicyclic) bond motifs is 2. The molecule has 6 rings (SSSR count). The van der Waals surface area contributed by atoms with E-state index >= 15 is 0 Å². The minimum Gasteiger partial charge on any atom is -0.481 e. The van der Waals surface area contributed by atoms with E-state index in [0.29, 0.717) is 38.8 Å². The molecule has 3 aromatic rings. The molecule has 0 spiro atoms. The van der Waals surface area contributed by atoms with Crippen LogP contribution in [0.5, 0.6) is 0 Å². The summed E-state index contributed by atoms with van der Waals surface area (Å²) in [5.74, 6) is -2.29. The number of hydrogen-bond donors (Lipinski definition) is 4. The van der Waals surface area contributed by atoms with Crippen molar-refractivity contribution >= 4 is 29.2 Å². The summed E-state index contributed by atoms with van der Waals surface area (Å²) in [5.41, 5.74) is 10.7. The number of nitrogen functional groups attached to an aromatic ring is 1. The number of nitrogens with zero attached hydrogens (tertiary/aromatic N) is 3. The van der Waals surface area contributed by atoms with Crippen LogP contribution in [0.1, 0.15) is 63.9 Å². The van der Waals surface area contributed by atoms with Crippen LogP contribution in [0.2, 0.25) is 0 Å². The Morgan fingerprint density at radius 1 is 1.05 bits per heavy atom. The van der Waals surface area contributed by atoms with Crippen molar-refractivity contribution in [2.24, 2.45) is 5.92 Å². The van der Waals surface area contributed by atoms with Crippen LogP contribution in [-0.2, 0) is 24.3 Å². The quantitative estimate of drug-likeness (QED) is 0.297. The molecule has 1 saturated carbocycles. The summed E-state index contributed by atoms with van der Waals surface area (Å²) >= 11 is 0. The lowest BCUT2D eigenvalue weighted by atomic mass is 9.84. The van der Waals surface area contributed by atoms with Gasteiger partial charge >= 0.3 is 5.97 Å². The van der Waals surface area contributed by atoms with Crippen molar-refractivity contribution in [1.29, 1.82) is 0 Å². The average molecular weight is 583 g/mol. The van der Waals surface area contributed by atoms with E-state index in [1.165, 1.54) is 12.4 Å². The highest BCUT2D eigenvalue weighted by Crippen LogP contribution is 2.40. The smallest absolute Gasteiger partial charge is 0.310 e. The van der Waals surface area contributed by atoms with Gasteiger partial charge in [0.1, 0.15) is 29.1 Å². The zero-order valence-corrected chi connectivity index (χ0v) is 23.5. The molecule has 0 radical (unpaired) electrons. The standard InChI is InChI=1S/C31H30N6O6/c1-15-19-6-7-22(21(19)5-4-20(15)31(42)43)36-30(41)24-11-23(34-14-35-24)29(40)33-12-16-2-3-17-8-9-37(13-18(17)10-16)26-25(32)27(38)28(26)39/h2-3,5,10-11,14,20,22H,4,6-9,12-13,32H2,1H3,(H,33,40)(H,36,41)(H,42,43)/t20?,22-/m0/s1. The maximum absolute atomic E-state index is 13.1. The number of nitrogens with two attached hydrogens (primary N) is 1. The second kappa shape index (κ2) is 10.9. The normalized spacial score (nSPS) is 19.5. The highest BCUT2D eigenvalue weighted by Gasteiger charge is 2.35. The van der Waals surface area contributed by atoms with Gasteiger partial charge in [-0.2, -0.15) is 0 Å². The number of aliphatic carboxylic acids is 1. The molecule has 2 atom stereocenters. The maximum atomic E-state index is 13.1. The van der Waals surface area contributed by atoms with E-state index in [1.807, 2.05) is 36.1 Å². The summed E-state index contributed by atoms with van der Waals surface area (Å²) in [5, 5.41) is 15.3. The number of carboxylic acids is 1. The van der Waals surface area contributed by atoms with Gasteiger partial charge in [-0.15, -0.1) is 0 Å². The lowest BCUT2D eigenvalue weighted by Crippen LogP contribution is -2.44. The van der Waals surface area contributed by atoms with Crippen molar-refractivity contribution < 1.29 is 19.5 Å². The zero-order valence-electron chi connectivity index (χ0n) is 23.5. The topological polar surface area (TPSA) is 185 Å². The number of aromatic nitrogens is 2. The number of hydrogen-bond acceptors (Lipinski definition) is 9. The molecular formula is C31H30N6O6. The van der Waals surface area contributed by atoms with Gasteiger partial charge in [-0.3, -0.25) is 24.0 Å². The molecule has 1 fully saturated rings. The Morgan fingerprint density at radius 3 is 2.56 bits per heavy atom. The third-order valence-corrected chi connectivity index (χ3v) is 8.69. The van der Waals surface area contributed by atoms with Crippen LogP contribution in [0.15, 0.2) is 63.0 Å². The fourth-order valence-electron chi connectivity index (χ4n) is 6.29. The van der Waals surface area contributed by atoms with Gasteiger partial charge in [0.05, 0.1) is 12.0 Å². The summed E-state index contributed by atoms with van der Waals surface area (Å²) in [6.07, 6.45) is 5.51. The Balaban J connectivity index is 1.08. The number of amides is 2. The van der Waals surface area contributed by atoms with Crippen molar-refractivity contribution in [3.8, 4) is 0 Å². The molecule has 12 nitrogen and oxygen atoms in total. The summed E-state index contributed by atoms with van der Waals surface area (Å²) in [4.78, 5) is 71.0. The lowest BCUT2D eigenvalue weighted by Gasteiger charge is -2.32. The minimum absolute atomic E-state index is 0.00894. The minimum atomic E-state index is -0.846. The molecular weight excluding hydrogens is 552 g/mol. The number of rotatable bonds is 7. The largest absolute Gasteiger partial charge is 0.481 e. The predicted octanol–water partition coefficient (Wildman–Crippen LogP) is 1.39. The highest BCUT2D eigenvalue weighted by atomic mass is 16.4. The van der Waals surface area contributed by atoms with Gasteiger partial charge in [0, 0.05) is 25.7 Å². The third kappa shape index (κ3) is 5.09. The SMILES string of the molecule is CC1=C2CC[C@H](NC(=O)c3cc(C(=O)NCc4ccc5c(c4)CN(c4c(N)c(=O)c4=O)CC5)ncn3)C2=CCC1C(=O)O. The molecule has 12 heteroatoms. The molecule has 2 aliphatic carbocycles. The van der Waals surface area contributed by atoms with Crippen LogP contribution in [0.4, 0.5) is 11.4 Å².